The number of hydrogen-bond acceptors (Lipinski definition) is 3. The Hall–Kier alpha value is -1.75. The zero-order valence-electron chi connectivity index (χ0n) is 16.4. The van der Waals surface area contributed by atoms with E-state index in [1.807, 2.05) is 24.9 Å². The maximum atomic E-state index is 12.5. The summed E-state index contributed by atoms with van der Waals surface area (Å²) >= 11 is 12.2. The Bertz CT molecular complexity index is 821. The zero-order chi connectivity index (χ0) is 20.1. The monoisotopic (exact) mass is 419 g/mol. The third-order valence-corrected chi connectivity index (χ3v) is 5.62. The van der Waals surface area contributed by atoms with Crippen molar-refractivity contribution in [2.24, 2.45) is 0 Å². The highest BCUT2D eigenvalue weighted by atomic mass is 35.5. The Morgan fingerprint density at radius 2 is 1.93 bits per heavy atom. The molecule has 28 heavy (non-hydrogen) atoms. The van der Waals surface area contributed by atoms with Gasteiger partial charge in [-0.05, 0) is 62.2 Å². The van der Waals surface area contributed by atoms with E-state index < -0.39 is 0 Å². The summed E-state index contributed by atoms with van der Waals surface area (Å²) in [6, 6.07) is 13.8. The second-order valence-electron chi connectivity index (χ2n) is 7.49. The lowest BCUT2D eigenvalue weighted by atomic mass is 10.1. The molecule has 1 fully saturated rings. The van der Waals surface area contributed by atoms with Crippen molar-refractivity contribution in [2.45, 2.75) is 32.4 Å². The van der Waals surface area contributed by atoms with Crippen LogP contribution in [0, 0.1) is 0 Å². The van der Waals surface area contributed by atoms with E-state index in [2.05, 4.69) is 34.5 Å². The Morgan fingerprint density at radius 1 is 1.18 bits per heavy atom. The van der Waals surface area contributed by atoms with Crippen LogP contribution in [-0.2, 0) is 11.3 Å². The molecule has 4 nitrogen and oxygen atoms in total. The van der Waals surface area contributed by atoms with Gasteiger partial charge in [0.25, 0.3) is 0 Å². The lowest BCUT2D eigenvalue weighted by Crippen LogP contribution is -2.36. The normalized spacial score (nSPS) is 15.1. The molecule has 1 aliphatic rings. The van der Waals surface area contributed by atoms with Gasteiger partial charge < -0.3 is 10.2 Å². The highest BCUT2D eigenvalue weighted by Gasteiger charge is 2.16. The van der Waals surface area contributed by atoms with Gasteiger partial charge in [-0.1, -0.05) is 41.4 Å². The molecule has 1 aliphatic heterocycles. The van der Waals surface area contributed by atoms with Crippen LogP contribution >= 0.6 is 23.2 Å². The van der Waals surface area contributed by atoms with Gasteiger partial charge in [-0.15, -0.1) is 0 Å². The predicted molar refractivity (Wildman–Crippen MR) is 117 cm³/mol. The molecule has 2 aromatic rings. The third-order valence-electron chi connectivity index (χ3n) is 5.05. The number of hydrogen-bond donors (Lipinski definition) is 1. The van der Waals surface area contributed by atoms with Gasteiger partial charge in [-0.3, -0.25) is 9.69 Å². The number of nitrogens with zero attached hydrogens (tertiary/aromatic N) is 2. The van der Waals surface area contributed by atoms with Crippen molar-refractivity contribution in [1.82, 2.24) is 10.2 Å². The first-order valence-electron chi connectivity index (χ1n) is 9.69. The molecular formula is C22H27Cl2N3O. The number of nitrogens with one attached hydrogen (secondary N) is 1. The first-order chi connectivity index (χ1) is 13.4. The first kappa shape index (κ1) is 21.0. The fourth-order valence-corrected chi connectivity index (χ4v) is 4.23. The van der Waals surface area contributed by atoms with Gasteiger partial charge in [-0.2, -0.15) is 0 Å². The van der Waals surface area contributed by atoms with Crippen LogP contribution in [0.25, 0.3) is 0 Å². The lowest BCUT2D eigenvalue weighted by molar-refractivity contribution is -0.122. The lowest BCUT2D eigenvalue weighted by Gasteiger charge is -2.21. The van der Waals surface area contributed by atoms with Crippen molar-refractivity contribution in [3.05, 3.63) is 63.6 Å². The Labute approximate surface area is 177 Å². The van der Waals surface area contributed by atoms with Crippen LogP contribution in [0.15, 0.2) is 42.5 Å². The summed E-state index contributed by atoms with van der Waals surface area (Å²) in [6.07, 6.45) is 2.53. The zero-order valence-corrected chi connectivity index (χ0v) is 17.9. The number of likely N-dealkylation sites (N-methyl/N-ethyl adjacent to an activating group) is 1. The van der Waals surface area contributed by atoms with E-state index in [1.165, 1.54) is 24.1 Å². The second-order valence-corrected chi connectivity index (χ2v) is 8.34. The highest BCUT2D eigenvalue weighted by molar-refractivity contribution is 6.35. The summed E-state index contributed by atoms with van der Waals surface area (Å²) < 4.78 is 0. The van der Waals surface area contributed by atoms with Gasteiger partial charge in [0.2, 0.25) is 5.91 Å². The minimum absolute atomic E-state index is 0.0308. The molecule has 1 saturated heterocycles. The van der Waals surface area contributed by atoms with E-state index in [-0.39, 0.29) is 11.9 Å². The molecule has 6 heteroatoms. The van der Waals surface area contributed by atoms with Crippen LogP contribution in [0.2, 0.25) is 10.0 Å². The van der Waals surface area contributed by atoms with Crippen molar-refractivity contribution in [3.63, 3.8) is 0 Å². The maximum absolute atomic E-state index is 12.5. The average Bonchev–Trinajstić information content (AvgIpc) is 3.16. The van der Waals surface area contributed by atoms with Gasteiger partial charge >= 0.3 is 0 Å². The van der Waals surface area contributed by atoms with Crippen LogP contribution in [-0.4, -0.2) is 37.5 Å². The predicted octanol–water partition coefficient (Wildman–Crippen LogP) is 4.90. The molecular weight excluding hydrogens is 393 g/mol. The summed E-state index contributed by atoms with van der Waals surface area (Å²) in [5.41, 5.74) is 3.35. The Morgan fingerprint density at radius 3 is 2.64 bits per heavy atom. The number of halogens is 2. The second kappa shape index (κ2) is 9.64. The van der Waals surface area contributed by atoms with Gasteiger partial charge in [-0.25, -0.2) is 0 Å². The molecule has 0 aliphatic carbocycles. The molecule has 1 unspecified atom stereocenters. The van der Waals surface area contributed by atoms with E-state index >= 15 is 0 Å². The topological polar surface area (TPSA) is 35.6 Å². The summed E-state index contributed by atoms with van der Waals surface area (Å²) in [6.45, 7) is 5.24. The number of rotatable bonds is 7. The van der Waals surface area contributed by atoms with Crippen LogP contribution < -0.4 is 10.2 Å². The van der Waals surface area contributed by atoms with Crippen molar-refractivity contribution in [1.29, 1.82) is 0 Å². The fraction of sp³-hybridized carbons (Fsp3) is 0.409. The van der Waals surface area contributed by atoms with Crippen molar-refractivity contribution in [2.75, 3.05) is 31.6 Å². The molecule has 0 radical (unpaired) electrons. The third kappa shape index (κ3) is 5.63. The maximum Gasteiger partial charge on any atom is 0.234 e. The SMILES string of the molecule is CC(NC(=O)CN(C)Cc1cccc(N2CCCC2)c1)c1ccc(Cl)cc1Cl. The molecule has 1 heterocycles. The van der Waals surface area contributed by atoms with Crippen molar-refractivity contribution in [3.8, 4) is 0 Å². The van der Waals surface area contributed by atoms with Crippen molar-refractivity contribution < 1.29 is 4.79 Å². The van der Waals surface area contributed by atoms with E-state index in [0.717, 1.165) is 25.2 Å². The molecule has 3 rings (SSSR count). The van der Waals surface area contributed by atoms with Crippen LogP contribution in [0.1, 0.15) is 36.9 Å². The molecule has 1 atom stereocenters. The smallest absolute Gasteiger partial charge is 0.234 e. The van der Waals surface area contributed by atoms with Crippen LogP contribution in [0.5, 0.6) is 0 Å². The van der Waals surface area contributed by atoms with Gasteiger partial charge in [0.05, 0.1) is 12.6 Å². The van der Waals surface area contributed by atoms with Crippen LogP contribution in [0.4, 0.5) is 5.69 Å². The molecule has 0 aromatic heterocycles. The number of carbonyl (C=O) groups is 1. The molecule has 1 amide bonds. The van der Waals surface area contributed by atoms with E-state index in [4.69, 9.17) is 23.2 Å². The standard InChI is InChI=1S/C22H27Cl2N3O/c1-16(20-9-8-18(23)13-21(20)24)25-22(28)15-26(2)14-17-6-5-7-19(12-17)27-10-3-4-11-27/h5-9,12-13,16H,3-4,10-11,14-15H2,1-2H3,(H,25,28). The van der Waals surface area contributed by atoms with Gasteiger partial charge in [0, 0.05) is 35.4 Å². The summed E-state index contributed by atoms with van der Waals surface area (Å²) in [4.78, 5) is 16.9. The van der Waals surface area contributed by atoms with Crippen LogP contribution in [0.3, 0.4) is 0 Å². The molecule has 2 aromatic carbocycles. The van der Waals surface area contributed by atoms with E-state index in [1.54, 1.807) is 12.1 Å². The van der Waals surface area contributed by atoms with E-state index in [0.29, 0.717) is 16.6 Å². The fourth-order valence-electron chi connectivity index (χ4n) is 3.66. The minimum Gasteiger partial charge on any atom is -0.372 e. The Balaban J connectivity index is 1.53. The largest absolute Gasteiger partial charge is 0.372 e. The first-order valence-corrected chi connectivity index (χ1v) is 10.4. The summed E-state index contributed by atoms with van der Waals surface area (Å²) in [5.74, 6) is -0.0308. The van der Waals surface area contributed by atoms with Gasteiger partial charge in [0.1, 0.15) is 0 Å². The van der Waals surface area contributed by atoms with Gasteiger partial charge in [0.15, 0.2) is 0 Å². The number of amides is 1. The van der Waals surface area contributed by atoms with Crippen molar-refractivity contribution >= 4 is 34.8 Å². The minimum atomic E-state index is -0.177. The number of anilines is 1. The number of carbonyl (C=O) groups excluding carboxylic acids is 1. The average molecular weight is 420 g/mol. The number of benzene rings is 2. The van der Waals surface area contributed by atoms with E-state index in [9.17, 15) is 4.79 Å². The molecule has 0 spiro atoms. The Kier molecular flexibility index (Phi) is 7.22. The molecule has 0 bridgehead atoms. The molecule has 1 N–H and O–H groups in total. The molecule has 0 saturated carbocycles. The summed E-state index contributed by atoms with van der Waals surface area (Å²) in [5, 5.41) is 4.16. The molecule has 150 valence electrons. The quantitative estimate of drug-likeness (QED) is 0.692. The highest BCUT2D eigenvalue weighted by Crippen LogP contribution is 2.26. The summed E-state index contributed by atoms with van der Waals surface area (Å²) in [7, 11) is 1.96.